The van der Waals surface area contributed by atoms with Crippen LogP contribution >= 0.6 is 11.8 Å². The van der Waals surface area contributed by atoms with Crippen LogP contribution in [0.4, 0.5) is 5.82 Å². The molecule has 0 amide bonds. The molecule has 0 atom stereocenters. The summed E-state index contributed by atoms with van der Waals surface area (Å²) in [4.78, 5) is 28.7. The standard InChI is InChI=1S/C21H21N3O4S/c1-13-5-4-6-15(9-13)24-19(22)11-20(26)23-21(24)29-12-16(25)14-7-8-17(27-2)18(10-14)28-3/h4-11H,12,22H2,1-3H3. The Morgan fingerprint density at radius 2 is 1.86 bits per heavy atom. The summed E-state index contributed by atoms with van der Waals surface area (Å²) < 4.78 is 12.1. The molecule has 0 unspecified atom stereocenters. The number of nitrogen functional groups attached to an aromatic ring is 1. The van der Waals surface area contributed by atoms with Crippen molar-refractivity contribution in [2.75, 3.05) is 25.7 Å². The van der Waals surface area contributed by atoms with Gasteiger partial charge in [-0.2, -0.15) is 4.98 Å². The summed E-state index contributed by atoms with van der Waals surface area (Å²) in [5.74, 6) is 1.22. The number of carbonyl (C=O) groups is 1. The number of anilines is 1. The number of Topliss-reactive ketones (excluding diaryl/α,β-unsaturated/α-hetero) is 1. The van der Waals surface area contributed by atoms with Crippen molar-refractivity contribution in [2.24, 2.45) is 0 Å². The minimum absolute atomic E-state index is 0.0805. The van der Waals surface area contributed by atoms with Crippen LogP contribution in [0.1, 0.15) is 15.9 Å². The third-order valence-electron chi connectivity index (χ3n) is 4.22. The molecule has 1 heterocycles. The van der Waals surface area contributed by atoms with Gasteiger partial charge in [-0.25, -0.2) is 0 Å². The molecule has 0 saturated carbocycles. The van der Waals surface area contributed by atoms with Crippen LogP contribution in [0.25, 0.3) is 5.69 Å². The fraction of sp³-hybridized carbons (Fsp3) is 0.190. The maximum absolute atomic E-state index is 12.7. The van der Waals surface area contributed by atoms with Crippen LogP contribution in [0, 0.1) is 6.92 Å². The second-order valence-electron chi connectivity index (χ2n) is 6.26. The number of thioether (sulfide) groups is 1. The number of hydrogen-bond acceptors (Lipinski definition) is 7. The van der Waals surface area contributed by atoms with E-state index in [-0.39, 0.29) is 17.4 Å². The molecule has 1 aromatic heterocycles. The molecule has 2 N–H and O–H groups in total. The molecule has 8 heteroatoms. The van der Waals surface area contributed by atoms with Gasteiger partial charge < -0.3 is 15.2 Å². The fourth-order valence-electron chi connectivity index (χ4n) is 2.82. The number of methoxy groups -OCH3 is 2. The highest BCUT2D eigenvalue weighted by Gasteiger charge is 2.15. The number of ether oxygens (including phenoxy) is 2. The van der Waals surface area contributed by atoms with Gasteiger partial charge in [0.05, 0.1) is 20.0 Å². The van der Waals surface area contributed by atoms with Gasteiger partial charge in [-0.1, -0.05) is 23.9 Å². The first-order valence-corrected chi connectivity index (χ1v) is 9.76. The van der Waals surface area contributed by atoms with Crippen molar-refractivity contribution in [3.8, 4) is 17.2 Å². The molecule has 0 fully saturated rings. The molecular weight excluding hydrogens is 390 g/mol. The molecule has 0 saturated heterocycles. The highest BCUT2D eigenvalue weighted by atomic mass is 32.2. The van der Waals surface area contributed by atoms with E-state index in [0.717, 1.165) is 23.0 Å². The van der Waals surface area contributed by atoms with E-state index < -0.39 is 5.56 Å². The van der Waals surface area contributed by atoms with E-state index in [2.05, 4.69) is 4.98 Å². The molecule has 2 aromatic carbocycles. The van der Waals surface area contributed by atoms with Crippen molar-refractivity contribution in [3.63, 3.8) is 0 Å². The maximum atomic E-state index is 12.7. The van der Waals surface area contributed by atoms with Crippen molar-refractivity contribution < 1.29 is 14.3 Å². The van der Waals surface area contributed by atoms with Gasteiger partial charge in [-0.3, -0.25) is 14.2 Å². The number of benzene rings is 2. The fourth-order valence-corrected chi connectivity index (χ4v) is 3.75. The highest BCUT2D eigenvalue weighted by molar-refractivity contribution is 7.99. The molecule has 29 heavy (non-hydrogen) atoms. The van der Waals surface area contributed by atoms with E-state index in [9.17, 15) is 9.59 Å². The van der Waals surface area contributed by atoms with Crippen molar-refractivity contribution in [1.82, 2.24) is 9.55 Å². The Hall–Kier alpha value is -3.26. The van der Waals surface area contributed by atoms with E-state index in [4.69, 9.17) is 15.2 Å². The van der Waals surface area contributed by atoms with Crippen molar-refractivity contribution in [1.29, 1.82) is 0 Å². The highest BCUT2D eigenvalue weighted by Crippen LogP contribution is 2.29. The van der Waals surface area contributed by atoms with Gasteiger partial charge in [-0.15, -0.1) is 0 Å². The van der Waals surface area contributed by atoms with E-state index in [1.54, 1.807) is 22.8 Å². The Labute approximate surface area is 172 Å². The molecule has 0 aliphatic heterocycles. The van der Waals surface area contributed by atoms with Crippen molar-refractivity contribution in [2.45, 2.75) is 12.1 Å². The summed E-state index contributed by atoms with van der Waals surface area (Å²) >= 11 is 1.15. The Kier molecular flexibility index (Phi) is 6.23. The number of rotatable bonds is 7. The number of ketones is 1. The van der Waals surface area contributed by atoms with Gasteiger partial charge in [0.1, 0.15) is 5.82 Å². The largest absolute Gasteiger partial charge is 0.493 e. The van der Waals surface area contributed by atoms with Crippen LogP contribution in [0.15, 0.2) is 58.5 Å². The molecule has 0 aliphatic carbocycles. The summed E-state index contributed by atoms with van der Waals surface area (Å²) in [7, 11) is 3.04. The first-order valence-electron chi connectivity index (χ1n) is 8.77. The van der Waals surface area contributed by atoms with Gasteiger partial charge in [-0.05, 0) is 42.8 Å². The van der Waals surface area contributed by atoms with Crippen LogP contribution < -0.4 is 20.8 Å². The lowest BCUT2D eigenvalue weighted by Crippen LogP contribution is -2.17. The average Bonchev–Trinajstić information content (AvgIpc) is 2.70. The van der Waals surface area contributed by atoms with E-state index in [1.807, 2.05) is 31.2 Å². The lowest BCUT2D eigenvalue weighted by Gasteiger charge is -2.15. The average molecular weight is 411 g/mol. The number of carbonyl (C=O) groups excluding carboxylic acids is 1. The van der Waals surface area contributed by atoms with Gasteiger partial charge in [0.2, 0.25) is 0 Å². The normalized spacial score (nSPS) is 10.6. The lowest BCUT2D eigenvalue weighted by atomic mass is 10.1. The van der Waals surface area contributed by atoms with Crippen molar-refractivity contribution in [3.05, 3.63) is 70.0 Å². The van der Waals surface area contributed by atoms with Crippen LogP contribution in [-0.2, 0) is 0 Å². The number of nitrogens with two attached hydrogens (primary N) is 1. The molecule has 0 bridgehead atoms. The zero-order valence-electron chi connectivity index (χ0n) is 16.3. The van der Waals surface area contributed by atoms with Gasteiger partial charge in [0, 0.05) is 17.3 Å². The number of aromatic nitrogens is 2. The zero-order chi connectivity index (χ0) is 21.0. The molecule has 0 radical (unpaired) electrons. The smallest absolute Gasteiger partial charge is 0.275 e. The zero-order valence-corrected chi connectivity index (χ0v) is 17.2. The van der Waals surface area contributed by atoms with Crippen molar-refractivity contribution >= 4 is 23.4 Å². The summed E-state index contributed by atoms with van der Waals surface area (Å²) in [6.45, 7) is 1.96. The second-order valence-corrected chi connectivity index (χ2v) is 7.20. The lowest BCUT2D eigenvalue weighted by molar-refractivity contribution is 0.102. The number of hydrogen-bond donors (Lipinski definition) is 1. The van der Waals surface area contributed by atoms with E-state index >= 15 is 0 Å². The van der Waals surface area contributed by atoms with E-state index in [0.29, 0.717) is 22.2 Å². The number of aryl methyl sites for hydroxylation is 1. The second kappa shape index (κ2) is 8.83. The first-order chi connectivity index (χ1) is 13.9. The summed E-state index contributed by atoms with van der Waals surface area (Å²) in [5, 5.41) is 0.356. The Morgan fingerprint density at radius 1 is 1.10 bits per heavy atom. The molecular formula is C21H21N3O4S. The topological polar surface area (TPSA) is 96.4 Å². The molecule has 150 valence electrons. The van der Waals surface area contributed by atoms with Gasteiger partial charge in [0.15, 0.2) is 22.4 Å². The van der Waals surface area contributed by atoms with E-state index in [1.165, 1.54) is 20.3 Å². The van der Waals surface area contributed by atoms with Crippen LogP contribution in [0.5, 0.6) is 11.5 Å². The monoisotopic (exact) mass is 411 g/mol. The summed E-state index contributed by atoms with van der Waals surface area (Å²) in [5.41, 5.74) is 7.92. The van der Waals surface area contributed by atoms with Crippen LogP contribution in [0.2, 0.25) is 0 Å². The first kappa shape index (κ1) is 20.5. The minimum Gasteiger partial charge on any atom is -0.493 e. The summed E-state index contributed by atoms with van der Waals surface area (Å²) in [6, 6.07) is 13.9. The van der Waals surface area contributed by atoms with Crippen LogP contribution in [-0.4, -0.2) is 35.3 Å². The quantitative estimate of drug-likeness (QED) is 0.362. The minimum atomic E-state index is -0.451. The molecule has 0 spiro atoms. The Balaban J connectivity index is 1.89. The maximum Gasteiger partial charge on any atom is 0.275 e. The predicted octanol–water partition coefficient (Wildman–Crippen LogP) is 3.12. The predicted molar refractivity (Wildman–Crippen MR) is 114 cm³/mol. The molecule has 7 nitrogen and oxygen atoms in total. The molecule has 0 aliphatic rings. The van der Waals surface area contributed by atoms with Crippen LogP contribution in [0.3, 0.4) is 0 Å². The van der Waals surface area contributed by atoms with Gasteiger partial charge in [0.25, 0.3) is 5.56 Å². The Morgan fingerprint density at radius 3 is 2.55 bits per heavy atom. The third kappa shape index (κ3) is 4.60. The number of nitrogens with zero attached hydrogens (tertiary/aromatic N) is 2. The van der Waals surface area contributed by atoms with Gasteiger partial charge >= 0.3 is 0 Å². The molecule has 3 aromatic rings. The summed E-state index contributed by atoms with van der Waals surface area (Å²) in [6.07, 6.45) is 0. The SMILES string of the molecule is COc1ccc(C(=O)CSc2nc(=O)cc(N)n2-c2cccc(C)c2)cc1OC. The molecule has 3 rings (SSSR count). The third-order valence-corrected chi connectivity index (χ3v) is 5.16. The Bertz CT molecular complexity index is 1110.